The van der Waals surface area contributed by atoms with Crippen molar-refractivity contribution >= 4 is 28.5 Å². The number of halogens is 1. The summed E-state index contributed by atoms with van der Waals surface area (Å²) in [5, 5.41) is 18.3. The molecular formula is C12H12ClNO3. The summed E-state index contributed by atoms with van der Waals surface area (Å²) >= 11 is 5.93. The number of pyridine rings is 1. The quantitative estimate of drug-likeness (QED) is 0.757. The fraction of sp³-hybridized carbons (Fsp3) is 0.167. The fourth-order valence-electron chi connectivity index (χ4n) is 1.27. The van der Waals surface area contributed by atoms with Gasteiger partial charge in [0.1, 0.15) is 11.3 Å². The highest BCUT2D eigenvalue weighted by Gasteiger charge is 2.04. The SMILES string of the molecule is CC(=O)O.Cc1ccc2c(Cl)ccc(O)c2n1. The fourth-order valence-corrected chi connectivity index (χ4v) is 1.48. The monoisotopic (exact) mass is 253 g/mol. The number of rotatable bonds is 0. The van der Waals surface area contributed by atoms with Crippen molar-refractivity contribution in [2.75, 3.05) is 0 Å². The van der Waals surface area contributed by atoms with Crippen LogP contribution in [0, 0.1) is 6.92 Å². The highest BCUT2D eigenvalue weighted by Crippen LogP contribution is 2.28. The van der Waals surface area contributed by atoms with Gasteiger partial charge in [-0.2, -0.15) is 0 Å². The largest absolute Gasteiger partial charge is 0.506 e. The van der Waals surface area contributed by atoms with Crippen LogP contribution in [0.25, 0.3) is 10.9 Å². The molecule has 2 N–H and O–H groups in total. The number of phenols is 1. The summed E-state index contributed by atoms with van der Waals surface area (Å²) in [6.07, 6.45) is 0. The van der Waals surface area contributed by atoms with Crippen molar-refractivity contribution in [3.05, 3.63) is 35.0 Å². The van der Waals surface area contributed by atoms with Crippen LogP contribution in [-0.2, 0) is 4.79 Å². The molecule has 0 atom stereocenters. The maximum absolute atomic E-state index is 9.50. The van der Waals surface area contributed by atoms with E-state index in [9.17, 15) is 5.11 Å². The molecule has 0 saturated heterocycles. The number of hydrogen-bond donors (Lipinski definition) is 2. The first kappa shape index (κ1) is 13.3. The van der Waals surface area contributed by atoms with Gasteiger partial charge in [0.05, 0.1) is 5.02 Å². The second-order valence-corrected chi connectivity index (χ2v) is 3.84. The van der Waals surface area contributed by atoms with Crippen molar-refractivity contribution in [3.63, 3.8) is 0 Å². The summed E-state index contributed by atoms with van der Waals surface area (Å²) in [4.78, 5) is 13.2. The number of carboxylic acids is 1. The van der Waals surface area contributed by atoms with Crippen molar-refractivity contribution in [1.82, 2.24) is 4.98 Å². The van der Waals surface area contributed by atoms with E-state index >= 15 is 0 Å². The number of carbonyl (C=O) groups is 1. The lowest BCUT2D eigenvalue weighted by Gasteiger charge is -2.02. The number of benzene rings is 1. The maximum Gasteiger partial charge on any atom is 0.300 e. The number of hydrogen-bond acceptors (Lipinski definition) is 3. The molecule has 1 heterocycles. The molecule has 2 rings (SSSR count). The van der Waals surface area contributed by atoms with Crippen LogP contribution in [0.1, 0.15) is 12.6 Å². The third-order valence-corrected chi connectivity index (χ3v) is 2.25. The lowest BCUT2D eigenvalue weighted by atomic mass is 10.2. The van der Waals surface area contributed by atoms with E-state index in [1.165, 1.54) is 0 Å². The van der Waals surface area contributed by atoms with E-state index in [1.54, 1.807) is 12.1 Å². The summed E-state index contributed by atoms with van der Waals surface area (Å²) in [7, 11) is 0. The average Bonchev–Trinajstić information content (AvgIpc) is 2.23. The summed E-state index contributed by atoms with van der Waals surface area (Å²) in [6, 6.07) is 6.95. The summed E-state index contributed by atoms with van der Waals surface area (Å²) in [6.45, 7) is 2.96. The van der Waals surface area contributed by atoms with Gasteiger partial charge in [-0.3, -0.25) is 4.79 Å². The molecule has 5 heteroatoms. The van der Waals surface area contributed by atoms with Crippen molar-refractivity contribution in [3.8, 4) is 5.75 Å². The van der Waals surface area contributed by atoms with Gasteiger partial charge in [0.25, 0.3) is 5.97 Å². The van der Waals surface area contributed by atoms with Gasteiger partial charge in [-0.1, -0.05) is 11.6 Å². The van der Waals surface area contributed by atoms with Gasteiger partial charge in [-0.05, 0) is 31.2 Å². The van der Waals surface area contributed by atoms with Crippen LogP contribution in [0.4, 0.5) is 0 Å². The number of nitrogens with zero attached hydrogens (tertiary/aromatic N) is 1. The molecule has 0 unspecified atom stereocenters. The molecule has 0 aliphatic heterocycles. The second-order valence-electron chi connectivity index (χ2n) is 3.43. The Bertz CT molecular complexity index is 551. The van der Waals surface area contributed by atoms with Gasteiger partial charge in [-0.25, -0.2) is 4.98 Å². The molecular weight excluding hydrogens is 242 g/mol. The van der Waals surface area contributed by atoms with Crippen molar-refractivity contribution < 1.29 is 15.0 Å². The second kappa shape index (κ2) is 5.50. The van der Waals surface area contributed by atoms with Crippen LogP contribution >= 0.6 is 11.6 Å². The van der Waals surface area contributed by atoms with E-state index < -0.39 is 5.97 Å². The van der Waals surface area contributed by atoms with Gasteiger partial charge >= 0.3 is 0 Å². The number of fused-ring (bicyclic) bond motifs is 1. The van der Waals surface area contributed by atoms with Crippen LogP contribution in [0.3, 0.4) is 0 Å². The molecule has 0 radical (unpaired) electrons. The van der Waals surface area contributed by atoms with Crippen LogP contribution < -0.4 is 0 Å². The lowest BCUT2D eigenvalue weighted by Crippen LogP contribution is -1.84. The summed E-state index contributed by atoms with van der Waals surface area (Å²) in [5.41, 5.74) is 1.43. The smallest absolute Gasteiger partial charge is 0.300 e. The Morgan fingerprint density at radius 3 is 2.47 bits per heavy atom. The molecule has 0 fully saturated rings. The van der Waals surface area contributed by atoms with E-state index in [0.29, 0.717) is 10.5 Å². The highest BCUT2D eigenvalue weighted by atomic mass is 35.5. The molecule has 2 aromatic rings. The van der Waals surface area contributed by atoms with Crippen LogP contribution in [0.15, 0.2) is 24.3 Å². The molecule has 1 aromatic heterocycles. The number of aromatic nitrogens is 1. The Balaban J connectivity index is 0.000000317. The van der Waals surface area contributed by atoms with Crippen molar-refractivity contribution in [1.29, 1.82) is 0 Å². The van der Waals surface area contributed by atoms with Crippen LogP contribution in [0.2, 0.25) is 5.02 Å². The predicted molar refractivity (Wildman–Crippen MR) is 66.5 cm³/mol. The minimum Gasteiger partial charge on any atom is -0.506 e. The van der Waals surface area contributed by atoms with Gasteiger partial charge < -0.3 is 10.2 Å². The van der Waals surface area contributed by atoms with Crippen molar-refractivity contribution in [2.24, 2.45) is 0 Å². The van der Waals surface area contributed by atoms with E-state index in [4.69, 9.17) is 21.5 Å². The van der Waals surface area contributed by atoms with Gasteiger partial charge in [0.15, 0.2) is 0 Å². The molecule has 0 spiro atoms. The normalized spacial score (nSPS) is 9.59. The lowest BCUT2D eigenvalue weighted by molar-refractivity contribution is -0.134. The van der Waals surface area contributed by atoms with Gasteiger partial charge in [-0.15, -0.1) is 0 Å². The Morgan fingerprint density at radius 2 is 1.88 bits per heavy atom. The molecule has 0 aliphatic rings. The van der Waals surface area contributed by atoms with Crippen LogP contribution in [0.5, 0.6) is 5.75 Å². The highest BCUT2D eigenvalue weighted by molar-refractivity contribution is 6.35. The first-order valence-corrected chi connectivity index (χ1v) is 5.24. The first-order valence-electron chi connectivity index (χ1n) is 4.86. The molecule has 1 aromatic carbocycles. The van der Waals surface area contributed by atoms with E-state index in [0.717, 1.165) is 18.0 Å². The molecule has 4 nitrogen and oxygen atoms in total. The topological polar surface area (TPSA) is 70.4 Å². The minimum atomic E-state index is -0.833. The van der Waals surface area contributed by atoms with E-state index in [2.05, 4.69) is 4.98 Å². The maximum atomic E-state index is 9.50. The predicted octanol–water partition coefficient (Wildman–Crippen LogP) is 2.99. The molecule has 90 valence electrons. The van der Waals surface area contributed by atoms with Gasteiger partial charge in [0, 0.05) is 18.0 Å². The number of aryl methyl sites for hydroxylation is 1. The minimum absolute atomic E-state index is 0.170. The Kier molecular flexibility index (Phi) is 4.29. The number of phenolic OH excluding ortho intramolecular Hbond substituents is 1. The Morgan fingerprint density at radius 1 is 1.29 bits per heavy atom. The Labute approximate surface area is 103 Å². The molecule has 17 heavy (non-hydrogen) atoms. The van der Waals surface area contributed by atoms with E-state index in [-0.39, 0.29) is 5.75 Å². The number of carboxylic acid groups (broad SMARTS) is 1. The molecule has 0 bridgehead atoms. The molecule has 0 amide bonds. The third kappa shape index (κ3) is 3.60. The average molecular weight is 254 g/mol. The number of aromatic hydroxyl groups is 1. The summed E-state index contributed by atoms with van der Waals surface area (Å²) < 4.78 is 0. The molecule has 0 aliphatic carbocycles. The zero-order valence-corrected chi connectivity index (χ0v) is 10.2. The zero-order chi connectivity index (χ0) is 13.0. The third-order valence-electron chi connectivity index (χ3n) is 1.92. The summed E-state index contributed by atoms with van der Waals surface area (Å²) in [5.74, 6) is -0.664. The van der Waals surface area contributed by atoms with E-state index in [1.807, 2.05) is 19.1 Å². The first-order chi connectivity index (χ1) is 7.91. The number of aliphatic carboxylic acids is 1. The zero-order valence-electron chi connectivity index (χ0n) is 9.44. The van der Waals surface area contributed by atoms with Crippen LogP contribution in [-0.4, -0.2) is 21.2 Å². The Hall–Kier alpha value is -1.81. The van der Waals surface area contributed by atoms with Crippen molar-refractivity contribution in [2.45, 2.75) is 13.8 Å². The van der Waals surface area contributed by atoms with Gasteiger partial charge in [0.2, 0.25) is 0 Å². The molecule has 0 saturated carbocycles. The standard InChI is InChI=1S/C10H8ClNO.C2H4O2/c1-6-2-3-7-8(11)4-5-9(13)10(7)12-6;1-2(3)4/h2-5,13H,1H3;1H3,(H,3,4).